The minimum Gasteiger partial charge on any atom is -0.490 e. The number of carbonyl (C=O) groups excluding carboxylic acids is 2. The molecule has 130 valence electrons. The number of para-hydroxylation sites is 1. The first-order valence-corrected chi connectivity index (χ1v) is 8.21. The highest BCUT2D eigenvalue weighted by molar-refractivity contribution is 5.97. The second kappa shape index (κ2) is 7.79. The molecule has 0 atom stereocenters. The molecule has 6 heteroatoms. The summed E-state index contributed by atoms with van der Waals surface area (Å²) in [5.74, 6) is -0.460. The zero-order valence-corrected chi connectivity index (χ0v) is 13.7. The molecule has 0 radical (unpaired) electrons. The highest BCUT2D eigenvalue weighted by atomic mass is 19.1. The van der Waals surface area contributed by atoms with Crippen LogP contribution in [0.3, 0.4) is 0 Å². The van der Waals surface area contributed by atoms with Crippen molar-refractivity contribution in [3.05, 3.63) is 54.3 Å². The number of nitrogens with one attached hydrogen (secondary N) is 1. The van der Waals surface area contributed by atoms with Gasteiger partial charge in [0.25, 0.3) is 0 Å². The molecule has 0 aliphatic carbocycles. The Balaban J connectivity index is 1.53. The van der Waals surface area contributed by atoms with Crippen molar-refractivity contribution in [1.82, 2.24) is 0 Å². The number of carbonyl (C=O) groups is 2. The Morgan fingerprint density at radius 2 is 2.04 bits per heavy atom. The van der Waals surface area contributed by atoms with Crippen molar-refractivity contribution < 1.29 is 18.7 Å². The van der Waals surface area contributed by atoms with Crippen LogP contribution in [-0.2, 0) is 9.59 Å². The highest BCUT2D eigenvalue weighted by Gasteiger charge is 2.21. The van der Waals surface area contributed by atoms with Gasteiger partial charge in [-0.15, -0.1) is 0 Å². The summed E-state index contributed by atoms with van der Waals surface area (Å²) in [6, 6.07) is 13.3. The number of rotatable bonds is 6. The van der Waals surface area contributed by atoms with Gasteiger partial charge in [-0.1, -0.05) is 18.2 Å². The molecule has 0 spiro atoms. The average molecular weight is 342 g/mol. The molecular weight excluding hydrogens is 323 g/mol. The fourth-order valence-corrected chi connectivity index (χ4v) is 2.71. The molecule has 5 nitrogen and oxygen atoms in total. The molecule has 0 bridgehead atoms. The zero-order valence-electron chi connectivity index (χ0n) is 13.7. The van der Waals surface area contributed by atoms with Crippen LogP contribution >= 0.6 is 0 Å². The van der Waals surface area contributed by atoms with Crippen molar-refractivity contribution in [1.29, 1.82) is 0 Å². The Kier molecular flexibility index (Phi) is 5.28. The van der Waals surface area contributed by atoms with E-state index in [0.717, 1.165) is 12.1 Å². The van der Waals surface area contributed by atoms with Crippen LogP contribution in [0.25, 0.3) is 0 Å². The summed E-state index contributed by atoms with van der Waals surface area (Å²) in [7, 11) is 0. The van der Waals surface area contributed by atoms with Gasteiger partial charge in [-0.2, -0.15) is 0 Å². The number of hydrogen-bond donors (Lipinski definition) is 1. The summed E-state index contributed by atoms with van der Waals surface area (Å²) < 4.78 is 18.7. The molecule has 1 saturated heterocycles. The average Bonchev–Trinajstić information content (AvgIpc) is 3.03. The summed E-state index contributed by atoms with van der Waals surface area (Å²) in [6.07, 6.45) is 1.51. The lowest BCUT2D eigenvalue weighted by Gasteiger charge is -2.16. The quantitative estimate of drug-likeness (QED) is 0.876. The maximum Gasteiger partial charge on any atom is 0.227 e. The van der Waals surface area contributed by atoms with Gasteiger partial charge in [0.2, 0.25) is 11.8 Å². The van der Waals surface area contributed by atoms with Gasteiger partial charge in [-0.05, 0) is 36.8 Å². The predicted molar refractivity (Wildman–Crippen MR) is 93.2 cm³/mol. The van der Waals surface area contributed by atoms with Crippen LogP contribution in [0.1, 0.15) is 19.3 Å². The van der Waals surface area contributed by atoms with Crippen LogP contribution in [0.4, 0.5) is 15.8 Å². The second-order valence-electron chi connectivity index (χ2n) is 5.78. The summed E-state index contributed by atoms with van der Waals surface area (Å²) >= 11 is 0. The number of ether oxygens (including phenoxy) is 1. The number of benzene rings is 2. The standard InChI is InChI=1S/C19H19FN2O3/c20-16-7-1-2-8-17(16)25-12-10-18(23)21-14-5-3-6-15(13-14)22-11-4-9-19(22)24/h1-3,5-8,13H,4,9-12H2,(H,21,23). The Morgan fingerprint density at radius 3 is 2.80 bits per heavy atom. The van der Waals surface area contributed by atoms with E-state index in [1.165, 1.54) is 12.1 Å². The fraction of sp³-hybridized carbons (Fsp3) is 0.263. The van der Waals surface area contributed by atoms with Crippen LogP contribution in [-0.4, -0.2) is 25.0 Å². The molecule has 2 amide bonds. The Bertz CT molecular complexity index is 779. The van der Waals surface area contributed by atoms with Crippen LogP contribution in [0.15, 0.2) is 48.5 Å². The van der Waals surface area contributed by atoms with Crippen molar-refractivity contribution in [2.24, 2.45) is 0 Å². The second-order valence-corrected chi connectivity index (χ2v) is 5.78. The molecule has 0 aromatic heterocycles. The Morgan fingerprint density at radius 1 is 1.20 bits per heavy atom. The smallest absolute Gasteiger partial charge is 0.227 e. The van der Waals surface area contributed by atoms with Crippen molar-refractivity contribution in [3.63, 3.8) is 0 Å². The fourth-order valence-electron chi connectivity index (χ4n) is 2.71. The van der Waals surface area contributed by atoms with E-state index in [-0.39, 0.29) is 30.6 Å². The Labute approximate surface area is 145 Å². The van der Waals surface area contributed by atoms with Gasteiger partial charge in [-0.25, -0.2) is 4.39 Å². The van der Waals surface area contributed by atoms with E-state index in [4.69, 9.17) is 4.74 Å². The van der Waals surface area contributed by atoms with Gasteiger partial charge in [0, 0.05) is 24.3 Å². The van der Waals surface area contributed by atoms with Crippen LogP contribution in [0.5, 0.6) is 5.75 Å². The zero-order chi connectivity index (χ0) is 17.6. The molecule has 25 heavy (non-hydrogen) atoms. The molecule has 0 unspecified atom stereocenters. The number of amides is 2. The molecule has 3 rings (SSSR count). The lowest BCUT2D eigenvalue weighted by atomic mass is 10.2. The summed E-state index contributed by atoms with van der Waals surface area (Å²) in [5, 5.41) is 2.77. The van der Waals surface area contributed by atoms with Crippen molar-refractivity contribution in [3.8, 4) is 5.75 Å². The maximum atomic E-state index is 13.4. The third-order valence-electron chi connectivity index (χ3n) is 3.94. The molecule has 1 aliphatic heterocycles. The molecule has 1 heterocycles. The van der Waals surface area contributed by atoms with Crippen molar-refractivity contribution >= 4 is 23.2 Å². The lowest BCUT2D eigenvalue weighted by molar-refractivity contribution is -0.117. The van der Waals surface area contributed by atoms with E-state index >= 15 is 0 Å². The SMILES string of the molecule is O=C(CCOc1ccccc1F)Nc1cccc(N2CCCC2=O)c1. The maximum absolute atomic E-state index is 13.4. The van der Waals surface area contributed by atoms with Gasteiger partial charge in [0.05, 0.1) is 13.0 Å². The van der Waals surface area contributed by atoms with Gasteiger partial charge < -0.3 is 15.0 Å². The van der Waals surface area contributed by atoms with Crippen LogP contribution < -0.4 is 15.0 Å². The van der Waals surface area contributed by atoms with Crippen LogP contribution in [0, 0.1) is 5.82 Å². The summed E-state index contributed by atoms with van der Waals surface area (Å²) in [4.78, 5) is 25.5. The third kappa shape index (κ3) is 4.35. The van der Waals surface area contributed by atoms with Crippen LogP contribution in [0.2, 0.25) is 0 Å². The number of nitrogens with zero attached hydrogens (tertiary/aromatic N) is 1. The van der Waals surface area contributed by atoms with E-state index in [2.05, 4.69) is 5.32 Å². The van der Waals surface area contributed by atoms with Gasteiger partial charge in [0.15, 0.2) is 11.6 Å². The number of hydrogen-bond acceptors (Lipinski definition) is 3. The van der Waals surface area contributed by atoms with E-state index in [1.807, 2.05) is 6.07 Å². The largest absolute Gasteiger partial charge is 0.490 e. The van der Waals surface area contributed by atoms with Gasteiger partial charge >= 0.3 is 0 Å². The summed E-state index contributed by atoms with van der Waals surface area (Å²) in [5.41, 5.74) is 1.40. The van der Waals surface area contributed by atoms with Crippen molar-refractivity contribution in [2.45, 2.75) is 19.3 Å². The minimum atomic E-state index is -0.453. The van der Waals surface area contributed by atoms with E-state index in [0.29, 0.717) is 18.7 Å². The van der Waals surface area contributed by atoms with E-state index < -0.39 is 5.82 Å². The lowest BCUT2D eigenvalue weighted by Crippen LogP contribution is -2.23. The minimum absolute atomic E-state index is 0.0804. The monoisotopic (exact) mass is 342 g/mol. The Hall–Kier alpha value is -2.89. The first-order chi connectivity index (χ1) is 12.1. The molecular formula is C19H19FN2O3. The number of halogens is 1. The van der Waals surface area contributed by atoms with Gasteiger partial charge in [-0.3, -0.25) is 9.59 Å². The normalized spacial score (nSPS) is 13.8. The highest BCUT2D eigenvalue weighted by Crippen LogP contribution is 2.24. The van der Waals surface area contributed by atoms with E-state index in [1.54, 1.807) is 35.2 Å². The molecule has 1 aliphatic rings. The molecule has 2 aromatic carbocycles. The summed E-state index contributed by atoms with van der Waals surface area (Å²) in [6.45, 7) is 0.782. The molecule has 0 saturated carbocycles. The topological polar surface area (TPSA) is 58.6 Å². The third-order valence-corrected chi connectivity index (χ3v) is 3.94. The van der Waals surface area contributed by atoms with E-state index in [9.17, 15) is 14.0 Å². The molecule has 1 fully saturated rings. The molecule has 1 N–H and O–H groups in total. The predicted octanol–water partition coefficient (Wildman–Crippen LogP) is 3.36. The van der Waals surface area contributed by atoms with Gasteiger partial charge in [0.1, 0.15) is 0 Å². The first kappa shape index (κ1) is 17.0. The first-order valence-electron chi connectivity index (χ1n) is 8.21. The molecule has 2 aromatic rings. The number of anilines is 2. The van der Waals surface area contributed by atoms with Crippen molar-refractivity contribution in [2.75, 3.05) is 23.4 Å².